The second-order valence-electron chi connectivity index (χ2n) is 7.83. The summed E-state index contributed by atoms with van der Waals surface area (Å²) in [6.07, 6.45) is 1.31. The zero-order valence-corrected chi connectivity index (χ0v) is 18.3. The van der Waals surface area contributed by atoms with Crippen molar-refractivity contribution in [2.45, 2.75) is 30.7 Å². The number of hydrogen-bond donors (Lipinski definition) is 0. The quantitative estimate of drug-likeness (QED) is 0.567. The second-order valence-corrected chi connectivity index (χ2v) is 9.77. The van der Waals surface area contributed by atoms with Crippen molar-refractivity contribution in [3.05, 3.63) is 96.1 Å². The predicted octanol–water partition coefficient (Wildman–Crippen LogP) is 3.90. The van der Waals surface area contributed by atoms with Crippen LogP contribution in [0, 0.1) is 0 Å². The van der Waals surface area contributed by atoms with Gasteiger partial charge in [-0.05, 0) is 49.1 Å². The summed E-state index contributed by atoms with van der Waals surface area (Å²) in [6, 6.07) is 25.9. The van der Waals surface area contributed by atoms with E-state index >= 15 is 0 Å². The van der Waals surface area contributed by atoms with E-state index in [2.05, 4.69) is 0 Å². The molecule has 0 spiro atoms. The lowest BCUT2D eigenvalue weighted by Crippen LogP contribution is -2.45. The first-order chi connectivity index (χ1) is 15.0. The lowest BCUT2D eigenvalue weighted by atomic mass is 10.1. The Labute approximate surface area is 184 Å². The normalized spacial score (nSPS) is 15.8. The maximum atomic E-state index is 13.4. The van der Waals surface area contributed by atoms with Crippen molar-refractivity contribution in [2.24, 2.45) is 0 Å². The highest BCUT2D eigenvalue weighted by atomic mass is 32.2. The molecule has 6 heteroatoms. The van der Waals surface area contributed by atoms with Crippen molar-refractivity contribution >= 4 is 21.6 Å². The molecule has 0 N–H and O–H groups in total. The fourth-order valence-electron chi connectivity index (χ4n) is 4.10. The monoisotopic (exact) mass is 434 g/mol. The number of para-hydroxylation sites is 1. The molecule has 0 radical (unpaired) electrons. The van der Waals surface area contributed by atoms with Crippen molar-refractivity contribution < 1.29 is 13.2 Å². The molecule has 0 aromatic heterocycles. The Morgan fingerprint density at radius 2 is 1.55 bits per heavy atom. The van der Waals surface area contributed by atoms with Gasteiger partial charge in [-0.3, -0.25) is 4.79 Å². The number of nitrogens with zero attached hydrogens (tertiary/aromatic N) is 2. The molecular formula is C25H26N2O3S. The van der Waals surface area contributed by atoms with Crippen LogP contribution in [0.5, 0.6) is 0 Å². The lowest BCUT2D eigenvalue weighted by molar-refractivity contribution is -0.119. The van der Waals surface area contributed by atoms with Gasteiger partial charge in [-0.2, -0.15) is 4.31 Å². The molecule has 0 unspecified atom stereocenters. The van der Waals surface area contributed by atoms with Crippen LogP contribution in [-0.2, 0) is 27.7 Å². The van der Waals surface area contributed by atoms with Crippen LogP contribution < -0.4 is 4.90 Å². The standard InChI is InChI=1S/C25H26N2O3S/c1-20-18-22-12-8-9-15-24(22)27(20)25(28)19-26(17-16-21-10-4-2-5-11-21)31(29,30)23-13-6-3-7-14-23/h2-15,20H,16-19H2,1H3/t20-/m1/s1. The average molecular weight is 435 g/mol. The molecule has 0 bridgehead atoms. The number of fused-ring (bicyclic) bond motifs is 1. The van der Waals surface area contributed by atoms with Gasteiger partial charge in [-0.15, -0.1) is 0 Å². The number of carbonyl (C=O) groups excluding carboxylic acids is 1. The molecule has 31 heavy (non-hydrogen) atoms. The summed E-state index contributed by atoms with van der Waals surface area (Å²) in [5.74, 6) is -0.204. The number of anilines is 1. The zero-order valence-electron chi connectivity index (χ0n) is 17.5. The lowest BCUT2D eigenvalue weighted by Gasteiger charge is -2.27. The van der Waals surface area contributed by atoms with Gasteiger partial charge in [0.2, 0.25) is 15.9 Å². The SMILES string of the molecule is C[C@@H]1Cc2ccccc2N1C(=O)CN(CCc1ccccc1)S(=O)(=O)c1ccccc1. The van der Waals surface area contributed by atoms with Crippen LogP contribution in [0.4, 0.5) is 5.69 Å². The molecule has 0 aliphatic carbocycles. The number of benzene rings is 3. The van der Waals surface area contributed by atoms with Crippen LogP contribution in [0.2, 0.25) is 0 Å². The van der Waals surface area contributed by atoms with Crippen LogP contribution in [0.1, 0.15) is 18.1 Å². The van der Waals surface area contributed by atoms with E-state index in [9.17, 15) is 13.2 Å². The minimum Gasteiger partial charge on any atom is -0.308 e. The fraction of sp³-hybridized carbons (Fsp3) is 0.240. The Morgan fingerprint density at radius 3 is 2.26 bits per heavy atom. The minimum atomic E-state index is -3.80. The Hall–Kier alpha value is -2.96. The summed E-state index contributed by atoms with van der Waals surface area (Å²) >= 11 is 0. The largest absolute Gasteiger partial charge is 0.308 e. The van der Waals surface area contributed by atoms with E-state index in [4.69, 9.17) is 0 Å². The summed E-state index contributed by atoms with van der Waals surface area (Å²) in [5, 5.41) is 0. The summed E-state index contributed by atoms with van der Waals surface area (Å²) in [7, 11) is -3.80. The van der Waals surface area contributed by atoms with Gasteiger partial charge in [-0.25, -0.2) is 8.42 Å². The average Bonchev–Trinajstić information content (AvgIpc) is 3.13. The smallest absolute Gasteiger partial charge is 0.243 e. The first kappa shape index (κ1) is 21.3. The molecular weight excluding hydrogens is 408 g/mol. The molecule has 1 atom stereocenters. The van der Waals surface area contributed by atoms with Crippen LogP contribution in [0.25, 0.3) is 0 Å². The van der Waals surface area contributed by atoms with E-state index < -0.39 is 10.0 Å². The molecule has 1 aliphatic rings. The molecule has 1 heterocycles. The Morgan fingerprint density at radius 1 is 0.935 bits per heavy atom. The number of carbonyl (C=O) groups is 1. The van der Waals surface area contributed by atoms with Crippen molar-refractivity contribution in [3.8, 4) is 0 Å². The second kappa shape index (κ2) is 9.04. The maximum Gasteiger partial charge on any atom is 0.243 e. The van der Waals surface area contributed by atoms with Crippen molar-refractivity contribution in [3.63, 3.8) is 0 Å². The van der Waals surface area contributed by atoms with Crippen LogP contribution in [0.15, 0.2) is 89.8 Å². The number of amides is 1. The summed E-state index contributed by atoms with van der Waals surface area (Å²) < 4.78 is 28.1. The molecule has 1 aliphatic heterocycles. The van der Waals surface area contributed by atoms with Gasteiger partial charge < -0.3 is 4.90 Å². The molecule has 0 saturated carbocycles. The maximum absolute atomic E-state index is 13.4. The Kier molecular flexibility index (Phi) is 6.20. The van der Waals surface area contributed by atoms with Gasteiger partial charge >= 0.3 is 0 Å². The highest BCUT2D eigenvalue weighted by Gasteiger charge is 2.34. The molecule has 0 saturated heterocycles. The Bertz CT molecular complexity index is 1150. The van der Waals surface area contributed by atoms with Crippen LogP contribution in [0.3, 0.4) is 0 Å². The van der Waals surface area contributed by atoms with E-state index in [1.807, 2.05) is 61.5 Å². The van der Waals surface area contributed by atoms with Crippen molar-refractivity contribution in [1.82, 2.24) is 4.31 Å². The topological polar surface area (TPSA) is 57.7 Å². The molecule has 0 fully saturated rings. The third-order valence-corrected chi connectivity index (χ3v) is 7.52. The molecule has 1 amide bonds. The molecule has 3 aromatic rings. The first-order valence-corrected chi connectivity index (χ1v) is 11.9. The van der Waals surface area contributed by atoms with E-state index in [1.165, 1.54) is 4.31 Å². The van der Waals surface area contributed by atoms with Crippen molar-refractivity contribution in [2.75, 3.05) is 18.0 Å². The van der Waals surface area contributed by atoms with E-state index in [1.54, 1.807) is 35.2 Å². The molecule has 3 aromatic carbocycles. The summed E-state index contributed by atoms with van der Waals surface area (Å²) in [4.78, 5) is 15.3. The zero-order chi connectivity index (χ0) is 21.8. The third-order valence-electron chi connectivity index (χ3n) is 5.66. The predicted molar refractivity (Wildman–Crippen MR) is 122 cm³/mol. The first-order valence-electron chi connectivity index (χ1n) is 10.5. The van der Waals surface area contributed by atoms with Gasteiger partial charge in [0.15, 0.2) is 0 Å². The van der Waals surface area contributed by atoms with Gasteiger partial charge in [0, 0.05) is 18.3 Å². The number of hydrogen-bond acceptors (Lipinski definition) is 3. The minimum absolute atomic E-state index is 0.000280. The van der Waals surface area contributed by atoms with Gasteiger partial charge in [0.05, 0.1) is 11.4 Å². The van der Waals surface area contributed by atoms with Gasteiger partial charge in [-0.1, -0.05) is 66.7 Å². The third kappa shape index (κ3) is 4.55. The fourth-order valence-corrected chi connectivity index (χ4v) is 5.51. The van der Waals surface area contributed by atoms with E-state index in [0.717, 1.165) is 23.2 Å². The van der Waals surface area contributed by atoms with Gasteiger partial charge in [0.1, 0.15) is 0 Å². The summed E-state index contributed by atoms with van der Waals surface area (Å²) in [6.45, 7) is 2.04. The number of sulfonamides is 1. The van der Waals surface area contributed by atoms with Crippen LogP contribution in [-0.4, -0.2) is 37.8 Å². The highest BCUT2D eigenvalue weighted by Crippen LogP contribution is 2.32. The van der Waals surface area contributed by atoms with E-state index in [-0.39, 0.29) is 29.9 Å². The summed E-state index contributed by atoms with van der Waals surface area (Å²) in [5.41, 5.74) is 3.02. The van der Waals surface area contributed by atoms with Crippen molar-refractivity contribution in [1.29, 1.82) is 0 Å². The van der Waals surface area contributed by atoms with Crippen LogP contribution >= 0.6 is 0 Å². The van der Waals surface area contributed by atoms with Gasteiger partial charge in [0.25, 0.3) is 0 Å². The highest BCUT2D eigenvalue weighted by molar-refractivity contribution is 7.89. The Balaban J connectivity index is 1.60. The number of rotatable bonds is 7. The molecule has 4 rings (SSSR count). The van der Waals surface area contributed by atoms with E-state index in [0.29, 0.717) is 6.42 Å². The molecule has 160 valence electrons. The molecule has 5 nitrogen and oxygen atoms in total.